The first kappa shape index (κ1) is 22.3. The van der Waals surface area contributed by atoms with E-state index < -0.39 is 0 Å². The van der Waals surface area contributed by atoms with Gasteiger partial charge in [-0.3, -0.25) is 9.30 Å². The number of para-hydroxylation sites is 1. The molecule has 5 rings (SSSR count). The molecule has 1 aromatic carbocycles. The number of ether oxygens (including phenoxy) is 1. The highest BCUT2D eigenvalue weighted by Gasteiger charge is 2.27. The zero-order valence-electron chi connectivity index (χ0n) is 20.3. The molecule has 7 nitrogen and oxygen atoms in total. The van der Waals surface area contributed by atoms with E-state index in [2.05, 4.69) is 81.7 Å². The van der Waals surface area contributed by atoms with Crippen LogP contribution in [0.15, 0.2) is 61.1 Å². The first-order valence-corrected chi connectivity index (χ1v) is 11.9. The van der Waals surface area contributed by atoms with Crippen molar-refractivity contribution in [3.63, 3.8) is 0 Å². The van der Waals surface area contributed by atoms with E-state index in [0.717, 1.165) is 54.3 Å². The molecular weight excluding hydrogens is 424 g/mol. The lowest BCUT2D eigenvalue weighted by Crippen LogP contribution is -2.55. The highest BCUT2D eigenvalue weighted by atomic mass is 16.5. The van der Waals surface area contributed by atoms with E-state index in [1.807, 2.05) is 18.3 Å². The van der Waals surface area contributed by atoms with Gasteiger partial charge in [-0.15, -0.1) is 10.2 Å². The fraction of sp³-hybridized carbons (Fsp3) is 0.370. The summed E-state index contributed by atoms with van der Waals surface area (Å²) >= 11 is 0. The monoisotopic (exact) mass is 456 g/mol. The summed E-state index contributed by atoms with van der Waals surface area (Å²) in [6.45, 7) is 6.56. The molecule has 1 fully saturated rings. The standard InChI is InChI=1S/C27H32N6O/c1-19-17-32(20(2)16-31(19)3)26-14-10-22(15-28-26)24-13-12-23(33-18-29-30-27(24)33)11-9-21-7-5-6-8-25(21)34-4/h5-8,10,12-15,18-20H,9,11,16-17H2,1-4H3. The number of methoxy groups -OCH3 is 1. The van der Waals surface area contributed by atoms with Crippen LogP contribution in [0.5, 0.6) is 5.75 Å². The Labute approximate surface area is 201 Å². The first-order chi connectivity index (χ1) is 16.5. The maximum atomic E-state index is 5.51. The summed E-state index contributed by atoms with van der Waals surface area (Å²) in [6.07, 6.45) is 5.51. The van der Waals surface area contributed by atoms with Gasteiger partial charge in [-0.1, -0.05) is 18.2 Å². The quantitative estimate of drug-likeness (QED) is 0.435. The van der Waals surface area contributed by atoms with Gasteiger partial charge in [-0.05, 0) is 69.6 Å². The predicted molar refractivity (Wildman–Crippen MR) is 136 cm³/mol. The predicted octanol–water partition coefficient (Wildman–Crippen LogP) is 4.11. The van der Waals surface area contributed by atoms with Crippen molar-refractivity contribution in [2.45, 2.75) is 38.8 Å². The minimum absolute atomic E-state index is 0.435. The normalized spacial score (nSPS) is 19.0. The van der Waals surface area contributed by atoms with Gasteiger partial charge >= 0.3 is 0 Å². The number of hydrogen-bond donors (Lipinski definition) is 0. The number of anilines is 1. The molecule has 4 heterocycles. The van der Waals surface area contributed by atoms with Crippen molar-refractivity contribution in [1.82, 2.24) is 24.5 Å². The van der Waals surface area contributed by atoms with Gasteiger partial charge in [-0.2, -0.15) is 0 Å². The molecule has 1 aliphatic rings. The molecule has 0 aliphatic carbocycles. The first-order valence-electron chi connectivity index (χ1n) is 11.9. The highest BCUT2D eigenvalue weighted by Crippen LogP contribution is 2.28. The van der Waals surface area contributed by atoms with Gasteiger partial charge in [0.2, 0.25) is 0 Å². The number of benzene rings is 1. The fourth-order valence-corrected chi connectivity index (χ4v) is 4.90. The molecule has 0 N–H and O–H groups in total. The van der Waals surface area contributed by atoms with Crippen LogP contribution in [0.4, 0.5) is 5.82 Å². The minimum atomic E-state index is 0.435. The van der Waals surface area contributed by atoms with E-state index in [1.54, 1.807) is 13.4 Å². The van der Waals surface area contributed by atoms with Crippen LogP contribution in [0.25, 0.3) is 16.8 Å². The number of aryl methyl sites for hydroxylation is 2. The Bertz CT molecular complexity index is 1270. The van der Waals surface area contributed by atoms with Gasteiger partial charge in [0, 0.05) is 48.2 Å². The second kappa shape index (κ2) is 9.43. The lowest BCUT2D eigenvalue weighted by molar-refractivity contribution is 0.205. The Kier molecular flexibility index (Phi) is 6.20. The Morgan fingerprint density at radius 1 is 0.971 bits per heavy atom. The average Bonchev–Trinajstić information content (AvgIpc) is 3.35. The number of aromatic nitrogens is 4. The molecule has 0 saturated carbocycles. The molecule has 0 radical (unpaired) electrons. The highest BCUT2D eigenvalue weighted by molar-refractivity contribution is 5.77. The number of nitrogens with zero attached hydrogens (tertiary/aromatic N) is 6. The molecular formula is C27H32N6O. The smallest absolute Gasteiger partial charge is 0.168 e. The number of pyridine rings is 2. The Hall–Kier alpha value is -3.45. The van der Waals surface area contributed by atoms with Crippen LogP contribution >= 0.6 is 0 Å². The maximum absolute atomic E-state index is 5.51. The van der Waals surface area contributed by atoms with Crippen LogP contribution in [-0.2, 0) is 12.8 Å². The Balaban J connectivity index is 1.38. The average molecular weight is 457 g/mol. The van der Waals surface area contributed by atoms with Crippen molar-refractivity contribution in [2.75, 3.05) is 32.1 Å². The summed E-state index contributed by atoms with van der Waals surface area (Å²) in [6, 6.07) is 17.7. The van der Waals surface area contributed by atoms with Crippen LogP contribution in [0.3, 0.4) is 0 Å². The summed E-state index contributed by atoms with van der Waals surface area (Å²) in [5.74, 6) is 1.96. The van der Waals surface area contributed by atoms with Gasteiger partial charge < -0.3 is 9.64 Å². The van der Waals surface area contributed by atoms with Crippen LogP contribution in [0.2, 0.25) is 0 Å². The van der Waals surface area contributed by atoms with Crippen molar-refractivity contribution >= 4 is 11.5 Å². The third-order valence-electron chi connectivity index (χ3n) is 7.03. The lowest BCUT2D eigenvalue weighted by atomic mass is 10.0. The third kappa shape index (κ3) is 4.23. The second-order valence-corrected chi connectivity index (χ2v) is 9.27. The van der Waals surface area contributed by atoms with Crippen LogP contribution in [0, 0.1) is 0 Å². The van der Waals surface area contributed by atoms with Crippen LogP contribution in [-0.4, -0.2) is 63.8 Å². The maximum Gasteiger partial charge on any atom is 0.168 e. The van der Waals surface area contributed by atoms with E-state index >= 15 is 0 Å². The van der Waals surface area contributed by atoms with Gasteiger partial charge in [0.15, 0.2) is 5.65 Å². The van der Waals surface area contributed by atoms with E-state index in [0.29, 0.717) is 12.1 Å². The van der Waals surface area contributed by atoms with Crippen molar-refractivity contribution in [3.8, 4) is 16.9 Å². The number of piperazine rings is 1. The van der Waals surface area contributed by atoms with E-state index in [4.69, 9.17) is 9.72 Å². The SMILES string of the molecule is COc1ccccc1CCc1ccc(-c2ccc(N3CC(C)N(C)CC3C)nc2)c2nncn12. The molecule has 1 aliphatic heterocycles. The lowest BCUT2D eigenvalue weighted by Gasteiger charge is -2.43. The molecule has 3 aromatic heterocycles. The van der Waals surface area contributed by atoms with E-state index in [-0.39, 0.29) is 0 Å². The summed E-state index contributed by atoms with van der Waals surface area (Å²) in [5, 5.41) is 8.64. The van der Waals surface area contributed by atoms with Crippen molar-refractivity contribution in [2.24, 2.45) is 0 Å². The molecule has 176 valence electrons. The second-order valence-electron chi connectivity index (χ2n) is 9.27. The number of likely N-dealkylation sites (N-methyl/N-ethyl adjacent to an activating group) is 1. The number of hydrogen-bond acceptors (Lipinski definition) is 6. The molecule has 0 amide bonds. The summed E-state index contributed by atoms with van der Waals surface area (Å²) in [5.41, 5.74) is 5.31. The third-order valence-corrected chi connectivity index (χ3v) is 7.03. The number of fused-ring (bicyclic) bond motifs is 1. The largest absolute Gasteiger partial charge is 0.496 e. The molecule has 0 spiro atoms. The molecule has 2 unspecified atom stereocenters. The zero-order chi connectivity index (χ0) is 23.7. The van der Waals surface area contributed by atoms with E-state index in [9.17, 15) is 0 Å². The number of rotatable bonds is 6. The summed E-state index contributed by atoms with van der Waals surface area (Å²) < 4.78 is 7.60. The van der Waals surface area contributed by atoms with E-state index in [1.165, 1.54) is 11.3 Å². The molecule has 1 saturated heterocycles. The zero-order valence-corrected chi connectivity index (χ0v) is 20.3. The molecule has 0 bridgehead atoms. The molecule has 7 heteroatoms. The van der Waals surface area contributed by atoms with Crippen LogP contribution in [0.1, 0.15) is 25.1 Å². The summed E-state index contributed by atoms with van der Waals surface area (Å²) in [7, 11) is 3.91. The van der Waals surface area contributed by atoms with Crippen molar-refractivity contribution in [1.29, 1.82) is 0 Å². The van der Waals surface area contributed by atoms with Gasteiger partial charge in [0.05, 0.1) is 7.11 Å². The molecule has 2 atom stereocenters. The van der Waals surface area contributed by atoms with Gasteiger partial charge in [0.1, 0.15) is 17.9 Å². The van der Waals surface area contributed by atoms with Crippen molar-refractivity contribution < 1.29 is 4.74 Å². The minimum Gasteiger partial charge on any atom is -0.496 e. The molecule has 34 heavy (non-hydrogen) atoms. The van der Waals surface area contributed by atoms with Crippen LogP contribution < -0.4 is 9.64 Å². The van der Waals surface area contributed by atoms with Gasteiger partial charge in [0.25, 0.3) is 0 Å². The Morgan fingerprint density at radius 2 is 1.82 bits per heavy atom. The fourth-order valence-electron chi connectivity index (χ4n) is 4.90. The van der Waals surface area contributed by atoms with Crippen molar-refractivity contribution in [3.05, 3.63) is 72.3 Å². The van der Waals surface area contributed by atoms with Gasteiger partial charge in [-0.25, -0.2) is 4.98 Å². The summed E-state index contributed by atoms with van der Waals surface area (Å²) in [4.78, 5) is 9.65. The Morgan fingerprint density at radius 3 is 2.62 bits per heavy atom. The molecule has 4 aromatic rings. The topological polar surface area (TPSA) is 58.8 Å².